The third-order valence-electron chi connectivity index (χ3n) is 4.10. The quantitative estimate of drug-likeness (QED) is 0.509. The summed E-state index contributed by atoms with van der Waals surface area (Å²) in [4.78, 5) is 16.3. The second-order valence-corrected chi connectivity index (χ2v) is 6.41. The SMILES string of the molecule is Cc1ccc(Nc2ccc(NCCNC(=O)Cc3c(C)noc3C)nn2)nc1. The first-order valence-corrected chi connectivity index (χ1v) is 8.97. The van der Waals surface area contributed by atoms with Crippen LogP contribution in [0.4, 0.5) is 17.5 Å². The minimum atomic E-state index is -0.0765. The van der Waals surface area contributed by atoms with Crippen LogP contribution >= 0.6 is 0 Å². The molecule has 146 valence electrons. The summed E-state index contributed by atoms with van der Waals surface area (Å²) in [5.41, 5.74) is 2.67. The highest BCUT2D eigenvalue weighted by molar-refractivity contribution is 5.79. The Labute approximate surface area is 163 Å². The van der Waals surface area contributed by atoms with Gasteiger partial charge in [0.1, 0.15) is 17.4 Å². The molecule has 3 aromatic heterocycles. The second kappa shape index (κ2) is 8.94. The first kappa shape index (κ1) is 19.3. The molecule has 0 aliphatic heterocycles. The summed E-state index contributed by atoms with van der Waals surface area (Å²) in [5.74, 6) is 2.54. The van der Waals surface area contributed by atoms with E-state index >= 15 is 0 Å². The number of hydrogen-bond acceptors (Lipinski definition) is 8. The fraction of sp³-hybridized carbons (Fsp3) is 0.316. The van der Waals surface area contributed by atoms with Gasteiger partial charge in [0.25, 0.3) is 0 Å². The van der Waals surface area contributed by atoms with E-state index in [1.54, 1.807) is 13.1 Å². The van der Waals surface area contributed by atoms with Crippen molar-refractivity contribution in [3.8, 4) is 0 Å². The Hall–Kier alpha value is -3.49. The fourth-order valence-corrected chi connectivity index (χ4v) is 2.54. The molecule has 0 aliphatic carbocycles. The largest absolute Gasteiger partial charge is 0.367 e. The predicted molar refractivity (Wildman–Crippen MR) is 105 cm³/mol. The van der Waals surface area contributed by atoms with Crippen LogP contribution in [0.15, 0.2) is 35.0 Å². The van der Waals surface area contributed by atoms with Crippen LogP contribution in [-0.4, -0.2) is 39.3 Å². The van der Waals surface area contributed by atoms with E-state index < -0.39 is 0 Å². The molecule has 0 saturated carbocycles. The third-order valence-corrected chi connectivity index (χ3v) is 4.10. The van der Waals surface area contributed by atoms with Gasteiger partial charge in [-0.05, 0) is 44.5 Å². The van der Waals surface area contributed by atoms with Crippen molar-refractivity contribution in [2.75, 3.05) is 23.7 Å². The monoisotopic (exact) mass is 381 g/mol. The Balaban J connectivity index is 1.40. The molecule has 0 aliphatic rings. The molecule has 9 heteroatoms. The number of aryl methyl sites for hydroxylation is 3. The molecule has 28 heavy (non-hydrogen) atoms. The van der Waals surface area contributed by atoms with Crippen molar-refractivity contribution in [2.24, 2.45) is 0 Å². The minimum Gasteiger partial charge on any atom is -0.367 e. The minimum absolute atomic E-state index is 0.0765. The standard InChI is InChI=1S/C19H23N7O2/c1-12-4-5-16(22-11-12)23-18-7-6-17(24-25-18)20-8-9-21-19(27)10-15-13(2)26-28-14(15)3/h4-7,11H,8-10H2,1-3H3,(H,20,24)(H,21,27)(H,22,23,25). The van der Waals surface area contributed by atoms with Gasteiger partial charge in [0.15, 0.2) is 5.82 Å². The summed E-state index contributed by atoms with van der Waals surface area (Å²) < 4.78 is 5.07. The second-order valence-electron chi connectivity index (χ2n) is 6.41. The number of rotatable bonds is 8. The molecule has 0 bridgehead atoms. The topological polar surface area (TPSA) is 118 Å². The lowest BCUT2D eigenvalue weighted by Crippen LogP contribution is -2.30. The number of carbonyl (C=O) groups is 1. The molecule has 1 amide bonds. The van der Waals surface area contributed by atoms with Crippen molar-refractivity contribution >= 4 is 23.4 Å². The van der Waals surface area contributed by atoms with Crippen LogP contribution in [0.25, 0.3) is 0 Å². The van der Waals surface area contributed by atoms with E-state index in [4.69, 9.17) is 4.52 Å². The van der Waals surface area contributed by atoms with Crippen molar-refractivity contribution in [2.45, 2.75) is 27.2 Å². The van der Waals surface area contributed by atoms with Gasteiger partial charge in [-0.3, -0.25) is 4.79 Å². The first-order chi connectivity index (χ1) is 13.5. The summed E-state index contributed by atoms with van der Waals surface area (Å²) in [6.07, 6.45) is 2.04. The first-order valence-electron chi connectivity index (χ1n) is 8.97. The van der Waals surface area contributed by atoms with Gasteiger partial charge in [0.2, 0.25) is 5.91 Å². The zero-order valence-corrected chi connectivity index (χ0v) is 16.1. The number of hydrogen-bond donors (Lipinski definition) is 3. The Kier molecular flexibility index (Phi) is 6.15. The zero-order valence-electron chi connectivity index (χ0n) is 16.1. The maximum Gasteiger partial charge on any atom is 0.224 e. The average molecular weight is 381 g/mol. The van der Waals surface area contributed by atoms with E-state index in [9.17, 15) is 4.79 Å². The van der Waals surface area contributed by atoms with Crippen LogP contribution in [0.2, 0.25) is 0 Å². The maximum absolute atomic E-state index is 12.0. The van der Waals surface area contributed by atoms with Crippen LogP contribution in [0, 0.1) is 20.8 Å². The number of amides is 1. The maximum atomic E-state index is 12.0. The molecular formula is C19H23N7O2. The predicted octanol–water partition coefficient (Wildman–Crippen LogP) is 2.30. The molecule has 0 unspecified atom stereocenters. The molecule has 3 heterocycles. The van der Waals surface area contributed by atoms with Gasteiger partial charge in [0.05, 0.1) is 12.1 Å². The van der Waals surface area contributed by atoms with Gasteiger partial charge < -0.3 is 20.5 Å². The van der Waals surface area contributed by atoms with E-state index in [1.807, 2.05) is 38.1 Å². The number of anilines is 3. The number of carbonyl (C=O) groups excluding carboxylic acids is 1. The molecular weight excluding hydrogens is 358 g/mol. The summed E-state index contributed by atoms with van der Waals surface area (Å²) in [7, 11) is 0. The number of nitrogens with one attached hydrogen (secondary N) is 3. The highest BCUT2D eigenvalue weighted by Crippen LogP contribution is 2.13. The van der Waals surface area contributed by atoms with E-state index in [2.05, 4.69) is 36.3 Å². The highest BCUT2D eigenvalue weighted by atomic mass is 16.5. The van der Waals surface area contributed by atoms with Gasteiger partial charge in [0, 0.05) is 24.8 Å². The Morgan fingerprint density at radius 2 is 1.75 bits per heavy atom. The smallest absolute Gasteiger partial charge is 0.224 e. The van der Waals surface area contributed by atoms with Gasteiger partial charge >= 0.3 is 0 Å². The van der Waals surface area contributed by atoms with Crippen LogP contribution in [-0.2, 0) is 11.2 Å². The van der Waals surface area contributed by atoms with Crippen molar-refractivity contribution < 1.29 is 9.32 Å². The van der Waals surface area contributed by atoms with E-state index in [1.165, 1.54) is 0 Å². The molecule has 3 rings (SSSR count). The van der Waals surface area contributed by atoms with Crippen molar-refractivity contribution in [1.29, 1.82) is 0 Å². The van der Waals surface area contributed by atoms with Gasteiger partial charge in [-0.2, -0.15) is 0 Å². The lowest BCUT2D eigenvalue weighted by molar-refractivity contribution is -0.120. The fourth-order valence-electron chi connectivity index (χ4n) is 2.54. The van der Waals surface area contributed by atoms with Crippen molar-refractivity contribution in [3.05, 3.63) is 53.0 Å². The Morgan fingerprint density at radius 1 is 1.00 bits per heavy atom. The normalized spacial score (nSPS) is 10.5. The number of nitrogens with zero attached hydrogens (tertiary/aromatic N) is 4. The molecule has 0 spiro atoms. The Bertz CT molecular complexity index is 901. The molecule has 0 aromatic carbocycles. The lowest BCUT2D eigenvalue weighted by Gasteiger charge is -2.08. The summed E-state index contributed by atoms with van der Waals surface area (Å²) in [6, 6.07) is 7.48. The molecule has 3 N–H and O–H groups in total. The Morgan fingerprint density at radius 3 is 2.39 bits per heavy atom. The van der Waals surface area contributed by atoms with Crippen LogP contribution in [0.5, 0.6) is 0 Å². The van der Waals surface area contributed by atoms with Crippen LogP contribution in [0.1, 0.15) is 22.6 Å². The molecule has 0 radical (unpaired) electrons. The van der Waals surface area contributed by atoms with Crippen molar-refractivity contribution in [3.63, 3.8) is 0 Å². The number of pyridine rings is 1. The zero-order chi connectivity index (χ0) is 19.9. The van der Waals surface area contributed by atoms with E-state index in [-0.39, 0.29) is 12.3 Å². The number of aromatic nitrogens is 4. The van der Waals surface area contributed by atoms with Crippen molar-refractivity contribution in [1.82, 2.24) is 25.7 Å². The average Bonchev–Trinajstić information content (AvgIpc) is 3.00. The molecule has 0 fully saturated rings. The van der Waals surface area contributed by atoms with Gasteiger partial charge in [-0.15, -0.1) is 10.2 Å². The molecule has 9 nitrogen and oxygen atoms in total. The van der Waals surface area contributed by atoms with E-state index in [0.717, 1.165) is 16.8 Å². The molecule has 3 aromatic rings. The third kappa shape index (κ3) is 5.26. The van der Waals surface area contributed by atoms with Crippen LogP contribution in [0.3, 0.4) is 0 Å². The van der Waals surface area contributed by atoms with Gasteiger partial charge in [-0.1, -0.05) is 11.2 Å². The van der Waals surface area contributed by atoms with Crippen LogP contribution < -0.4 is 16.0 Å². The van der Waals surface area contributed by atoms with Gasteiger partial charge in [-0.25, -0.2) is 4.98 Å². The molecule has 0 saturated heterocycles. The summed E-state index contributed by atoms with van der Waals surface area (Å²) in [6.45, 7) is 6.62. The summed E-state index contributed by atoms with van der Waals surface area (Å²) in [5, 5.41) is 21.1. The lowest BCUT2D eigenvalue weighted by atomic mass is 10.1. The highest BCUT2D eigenvalue weighted by Gasteiger charge is 2.12. The van der Waals surface area contributed by atoms with E-state index in [0.29, 0.717) is 36.3 Å². The molecule has 0 atom stereocenters. The summed E-state index contributed by atoms with van der Waals surface area (Å²) >= 11 is 0.